The van der Waals surface area contributed by atoms with Gasteiger partial charge in [-0.25, -0.2) is 0 Å². The van der Waals surface area contributed by atoms with Crippen LogP contribution in [0.5, 0.6) is 0 Å². The van der Waals surface area contributed by atoms with Gasteiger partial charge < -0.3 is 4.74 Å². The van der Waals surface area contributed by atoms with Gasteiger partial charge in [-0.05, 0) is 31.6 Å². The van der Waals surface area contributed by atoms with E-state index in [0.717, 1.165) is 12.3 Å². The van der Waals surface area contributed by atoms with Gasteiger partial charge in [-0.3, -0.25) is 4.79 Å². The van der Waals surface area contributed by atoms with Gasteiger partial charge in [-0.2, -0.15) is 0 Å². The third-order valence-corrected chi connectivity index (χ3v) is 3.62. The van der Waals surface area contributed by atoms with E-state index in [-0.39, 0.29) is 0 Å². The average Bonchev–Trinajstić information content (AvgIpc) is 2.57. The highest BCUT2D eigenvalue weighted by Crippen LogP contribution is 2.58. The van der Waals surface area contributed by atoms with E-state index in [2.05, 4.69) is 0 Å². The average molecular weight is 152 g/mol. The molecule has 5 atom stereocenters. The molecule has 2 nitrogen and oxygen atoms in total. The van der Waals surface area contributed by atoms with Crippen LogP contribution in [0, 0.1) is 17.8 Å². The van der Waals surface area contributed by atoms with Crippen molar-refractivity contribution in [2.75, 3.05) is 0 Å². The minimum atomic E-state index is 0.351. The maximum absolute atomic E-state index is 11.1. The monoisotopic (exact) mass is 152 g/mol. The normalized spacial score (nSPS) is 57.7. The maximum Gasteiger partial charge on any atom is 0.133 e. The van der Waals surface area contributed by atoms with Crippen molar-refractivity contribution in [3.8, 4) is 0 Å². The summed E-state index contributed by atoms with van der Waals surface area (Å²) in [6.45, 7) is 1.72. The van der Waals surface area contributed by atoms with Crippen LogP contribution in [0.3, 0.4) is 0 Å². The van der Waals surface area contributed by atoms with Crippen molar-refractivity contribution in [3.05, 3.63) is 0 Å². The largest absolute Gasteiger partial charge is 0.369 e. The first kappa shape index (κ1) is 6.18. The molecule has 3 rings (SSSR count). The third kappa shape index (κ3) is 0.639. The van der Waals surface area contributed by atoms with Crippen LogP contribution < -0.4 is 0 Å². The van der Waals surface area contributed by atoms with E-state index >= 15 is 0 Å². The van der Waals surface area contributed by atoms with Gasteiger partial charge in [-0.15, -0.1) is 0 Å². The number of rotatable bonds is 1. The number of fused-ring (bicyclic) bond motifs is 5. The zero-order chi connectivity index (χ0) is 7.59. The second-order valence-electron chi connectivity index (χ2n) is 4.18. The molecule has 2 aliphatic carbocycles. The maximum atomic E-state index is 11.1. The quantitative estimate of drug-likeness (QED) is 0.524. The molecule has 2 heteroatoms. The predicted molar refractivity (Wildman–Crippen MR) is 39.0 cm³/mol. The highest BCUT2D eigenvalue weighted by molar-refractivity contribution is 5.79. The summed E-state index contributed by atoms with van der Waals surface area (Å²) in [6, 6.07) is 0. The molecule has 0 N–H and O–H groups in total. The van der Waals surface area contributed by atoms with Crippen molar-refractivity contribution in [3.63, 3.8) is 0 Å². The van der Waals surface area contributed by atoms with Crippen molar-refractivity contribution >= 4 is 5.78 Å². The Morgan fingerprint density at radius 3 is 2.73 bits per heavy atom. The molecular weight excluding hydrogens is 140 g/mol. The van der Waals surface area contributed by atoms with E-state index in [1.165, 1.54) is 6.42 Å². The fraction of sp³-hybridized carbons (Fsp3) is 0.889. The molecule has 11 heavy (non-hydrogen) atoms. The number of hydrogen-bond acceptors (Lipinski definition) is 2. The van der Waals surface area contributed by atoms with Crippen LogP contribution >= 0.6 is 0 Å². The fourth-order valence-corrected chi connectivity index (χ4v) is 3.07. The molecule has 0 spiro atoms. The summed E-state index contributed by atoms with van der Waals surface area (Å²) in [5.74, 6) is 2.07. The lowest BCUT2D eigenvalue weighted by atomic mass is 9.86. The van der Waals surface area contributed by atoms with E-state index in [0.29, 0.717) is 29.8 Å². The summed E-state index contributed by atoms with van der Waals surface area (Å²) in [5.41, 5.74) is 0. The van der Waals surface area contributed by atoms with Crippen molar-refractivity contribution in [2.24, 2.45) is 17.8 Å². The Hall–Kier alpha value is -0.370. The number of ketones is 1. The molecule has 1 aliphatic heterocycles. The van der Waals surface area contributed by atoms with Crippen molar-refractivity contribution in [2.45, 2.75) is 32.0 Å². The predicted octanol–water partition coefficient (Wildman–Crippen LogP) is 0.999. The SMILES string of the molecule is CC(=O)C1C[C@@H]2C[C@H]1C1OC12. The van der Waals surface area contributed by atoms with E-state index in [4.69, 9.17) is 4.74 Å². The number of ether oxygens (including phenoxy) is 1. The molecule has 0 aromatic heterocycles. The summed E-state index contributed by atoms with van der Waals surface area (Å²) in [5, 5.41) is 0. The van der Waals surface area contributed by atoms with E-state index < -0.39 is 0 Å². The number of epoxide rings is 1. The summed E-state index contributed by atoms with van der Waals surface area (Å²) in [6.07, 6.45) is 3.43. The van der Waals surface area contributed by atoms with E-state index in [1.807, 2.05) is 0 Å². The van der Waals surface area contributed by atoms with Crippen LogP contribution in [0.15, 0.2) is 0 Å². The lowest BCUT2D eigenvalue weighted by Crippen LogP contribution is -2.23. The molecule has 1 saturated heterocycles. The first-order chi connectivity index (χ1) is 5.27. The lowest BCUT2D eigenvalue weighted by Gasteiger charge is -2.14. The highest BCUT2D eigenvalue weighted by atomic mass is 16.6. The number of hydrogen-bond donors (Lipinski definition) is 0. The second kappa shape index (κ2) is 1.69. The number of carbonyl (C=O) groups is 1. The Labute approximate surface area is 65.9 Å². The van der Waals surface area contributed by atoms with Gasteiger partial charge >= 0.3 is 0 Å². The van der Waals surface area contributed by atoms with Crippen LogP contribution in [0.4, 0.5) is 0 Å². The molecule has 0 aromatic carbocycles. The third-order valence-electron chi connectivity index (χ3n) is 3.62. The van der Waals surface area contributed by atoms with E-state index in [9.17, 15) is 4.79 Å². The molecule has 2 bridgehead atoms. The Bertz CT molecular complexity index is 224. The molecule has 60 valence electrons. The molecule has 3 unspecified atom stereocenters. The highest BCUT2D eigenvalue weighted by Gasteiger charge is 2.63. The summed E-state index contributed by atoms with van der Waals surface area (Å²) in [4.78, 5) is 11.1. The fourth-order valence-electron chi connectivity index (χ4n) is 3.07. The molecule has 3 aliphatic rings. The Morgan fingerprint density at radius 2 is 2.18 bits per heavy atom. The summed E-state index contributed by atoms with van der Waals surface area (Å²) >= 11 is 0. The van der Waals surface area contributed by atoms with Gasteiger partial charge in [-0.1, -0.05) is 0 Å². The van der Waals surface area contributed by atoms with Crippen LogP contribution in [0.25, 0.3) is 0 Å². The lowest BCUT2D eigenvalue weighted by molar-refractivity contribution is -0.122. The van der Waals surface area contributed by atoms with Gasteiger partial charge in [0, 0.05) is 5.92 Å². The zero-order valence-electron chi connectivity index (χ0n) is 6.62. The van der Waals surface area contributed by atoms with Crippen LogP contribution in [0.2, 0.25) is 0 Å². The van der Waals surface area contributed by atoms with Crippen LogP contribution in [0.1, 0.15) is 19.8 Å². The van der Waals surface area contributed by atoms with Gasteiger partial charge in [0.2, 0.25) is 0 Å². The number of Topliss-reactive ketones (excluding diaryl/α,β-unsaturated/α-hetero) is 1. The smallest absolute Gasteiger partial charge is 0.133 e. The Balaban J connectivity index is 1.87. The second-order valence-corrected chi connectivity index (χ2v) is 4.18. The Kier molecular flexibility index (Phi) is 0.947. The minimum absolute atomic E-state index is 0.351. The molecule has 2 saturated carbocycles. The molecule has 3 fully saturated rings. The van der Waals surface area contributed by atoms with Crippen LogP contribution in [-0.2, 0) is 9.53 Å². The molecule has 0 radical (unpaired) electrons. The molecular formula is C9H12O2. The minimum Gasteiger partial charge on any atom is -0.369 e. The van der Waals surface area contributed by atoms with Crippen molar-refractivity contribution in [1.82, 2.24) is 0 Å². The topological polar surface area (TPSA) is 29.6 Å². The standard InChI is InChI=1S/C9H12O2/c1-4(10)6-2-5-3-7(6)9-8(5)11-9/h5-9H,2-3H2,1H3/t5-,6?,7-,8?,9?/m1/s1. The van der Waals surface area contributed by atoms with Gasteiger partial charge in [0.05, 0.1) is 12.2 Å². The Morgan fingerprint density at radius 1 is 1.36 bits per heavy atom. The summed E-state index contributed by atoms with van der Waals surface area (Å²) in [7, 11) is 0. The first-order valence-electron chi connectivity index (χ1n) is 4.43. The summed E-state index contributed by atoms with van der Waals surface area (Å²) < 4.78 is 5.47. The van der Waals surface area contributed by atoms with Gasteiger partial charge in [0.25, 0.3) is 0 Å². The molecule has 0 amide bonds. The molecule has 1 heterocycles. The van der Waals surface area contributed by atoms with Gasteiger partial charge in [0.1, 0.15) is 5.78 Å². The number of carbonyl (C=O) groups excluding carboxylic acids is 1. The van der Waals surface area contributed by atoms with Gasteiger partial charge in [0.15, 0.2) is 0 Å². The van der Waals surface area contributed by atoms with Crippen molar-refractivity contribution in [1.29, 1.82) is 0 Å². The van der Waals surface area contributed by atoms with Crippen LogP contribution in [-0.4, -0.2) is 18.0 Å². The van der Waals surface area contributed by atoms with Crippen molar-refractivity contribution < 1.29 is 9.53 Å². The molecule has 0 aromatic rings. The first-order valence-corrected chi connectivity index (χ1v) is 4.43. The van der Waals surface area contributed by atoms with E-state index in [1.54, 1.807) is 6.92 Å². The zero-order valence-corrected chi connectivity index (χ0v) is 6.62.